The predicted molar refractivity (Wildman–Crippen MR) is 273 cm³/mol. The molecule has 0 rings (SSSR count). The van der Waals surface area contributed by atoms with Gasteiger partial charge in [-0.15, -0.1) is 0 Å². The van der Waals surface area contributed by atoms with Gasteiger partial charge in [-0.05, 0) is 77.0 Å². The second kappa shape index (κ2) is 51.1. The van der Waals surface area contributed by atoms with Crippen molar-refractivity contribution in [2.45, 2.75) is 309 Å². The van der Waals surface area contributed by atoms with Crippen LogP contribution in [0.2, 0.25) is 0 Å². The molecule has 63 heavy (non-hydrogen) atoms. The molecule has 6 nitrogen and oxygen atoms in total. The average Bonchev–Trinajstić information content (AvgIpc) is 3.28. The van der Waals surface area contributed by atoms with E-state index < -0.39 is 18.2 Å². The molecule has 0 radical (unpaired) electrons. The molecule has 3 atom stereocenters. The first-order chi connectivity index (χ1) is 31.0. The molecule has 3 unspecified atom stereocenters. The zero-order chi connectivity index (χ0) is 45.9. The Kier molecular flexibility index (Phi) is 49.5. The number of aliphatic hydroxyl groups is 2. The van der Waals surface area contributed by atoms with E-state index in [-0.39, 0.29) is 24.9 Å². The molecule has 0 aromatic carbocycles. The van der Waals surface area contributed by atoms with Crippen LogP contribution in [0.25, 0.3) is 0 Å². The average molecular weight is 886 g/mol. The maximum absolute atomic E-state index is 13.2. The number of rotatable bonds is 50. The lowest BCUT2D eigenvalue weighted by atomic mass is 10.0. The van der Waals surface area contributed by atoms with Crippen molar-refractivity contribution in [1.82, 2.24) is 5.32 Å². The Hall–Kier alpha value is -1.92. The van der Waals surface area contributed by atoms with Gasteiger partial charge in [0.1, 0.15) is 6.10 Å². The van der Waals surface area contributed by atoms with E-state index in [2.05, 4.69) is 62.5 Å². The molecule has 0 spiro atoms. The molecule has 0 bridgehead atoms. The summed E-state index contributed by atoms with van der Waals surface area (Å²) in [5, 5.41) is 23.8. The van der Waals surface area contributed by atoms with Crippen LogP contribution in [0.15, 0.2) is 36.5 Å². The number of hydrogen-bond acceptors (Lipinski definition) is 5. The molecule has 0 aliphatic carbocycles. The van der Waals surface area contributed by atoms with Gasteiger partial charge in [0.2, 0.25) is 5.91 Å². The van der Waals surface area contributed by atoms with E-state index in [0.29, 0.717) is 19.3 Å². The van der Waals surface area contributed by atoms with E-state index in [1.165, 1.54) is 167 Å². The van der Waals surface area contributed by atoms with Crippen LogP contribution < -0.4 is 5.32 Å². The molecule has 0 saturated heterocycles. The Labute approximate surface area is 392 Å². The maximum atomic E-state index is 13.2. The zero-order valence-corrected chi connectivity index (χ0v) is 42.2. The molecule has 6 heteroatoms. The molecule has 0 saturated carbocycles. The highest BCUT2D eigenvalue weighted by molar-refractivity contribution is 5.77. The number of amides is 1. The van der Waals surface area contributed by atoms with Crippen LogP contribution in [0.4, 0.5) is 0 Å². The molecule has 0 aliphatic heterocycles. The minimum absolute atomic E-state index is 0.0632. The van der Waals surface area contributed by atoms with Crippen LogP contribution in [-0.4, -0.2) is 46.9 Å². The largest absolute Gasteiger partial charge is 0.462 e. The maximum Gasteiger partial charge on any atom is 0.306 e. The topological polar surface area (TPSA) is 95.9 Å². The second-order valence-corrected chi connectivity index (χ2v) is 19.0. The number of carbonyl (C=O) groups is 2. The van der Waals surface area contributed by atoms with Crippen molar-refractivity contribution in [1.29, 1.82) is 0 Å². The Morgan fingerprint density at radius 2 is 0.810 bits per heavy atom. The van der Waals surface area contributed by atoms with Gasteiger partial charge < -0.3 is 20.3 Å². The Balaban J connectivity index is 4.59. The molecule has 0 aromatic heterocycles. The third-order valence-electron chi connectivity index (χ3n) is 12.7. The fourth-order valence-corrected chi connectivity index (χ4v) is 8.48. The molecule has 0 heterocycles. The van der Waals surface area contributed by atoms with Crippen molar-refractivity contribution in [3.8, 4) is 0 Å². The van der Waals surface area contributed by atoms with E-state index in [9.17, 15) is 19.8 Å². The SMILES string of the molecule is CCCCCCCCC/C=C/C=C/CCCCCCCC(=O)OC(CCCCC/C=C/CCCCCCCCCCC)CC(=O)NC(CO)C(O)CCCCCCCCCCCC. The predicted octanol–water partition coefficient (Wildman–Crippen LogP) is 16.8. The molecule has 370 valence electrons. The monoisotopic (exact) mass is 886 g/mol. The van der Waals surface area contributed by atoms with Crippen LogP contribution in [0.5, 0.6) is 0 Å². The summed E-state index contributed by atoms with van der Waals surface area (Å²) in [5.41, 5.74) is 0. The lowest BCUT2D eigenvalue weighted by molar-refractivity contribution is -0.151. The number of hydrogen-bond donors (Lipinski definition) is 3. The zero-order valence-electron chi connectivity index (χ0n) is 42.2. The van der Waals surface area contributed by atoms with E-state index in [4.69, 9.17) is 4.74 Å². The number of carbonyl (C=O) groups excluding carboxylic acids is 2. The number of esters is 1. The number of nitrogens with one attached hydrogen (secondary N) is 1. The molecular weight excluding hydrogens is 779 g/mol. The smallest absolute Gasteiger partial charge is 0.306 e. The third kappa shape index (κ3) is 46.4. The fourth-order valence-electron chi connectivity index (χ4n) is 8.48. The number of ether oxygens (including phenoxy) is 1. The van der Waals surface area contributed by atoms with Crippen molar-refractivity contribution in [3.05, 3.63) is 36.5 Å². The van der Waals surface area contributed by atoms with Gasteiger partial charge in [-0.25, -0.2) is 0 Å². The number of aliphatic hydroxyl groups excluding tert-OH is 2. The minimum atomic E-state index is -0.792. The quantitative estimate of drug-likeness (QED) is 0.0245. The van der Waals surface area contributed by atoms with Gasteiger partial charge in [-0.2, -0.15) is 0 Å². The van der Waals surface area contributed by atoms with E-state index >= 15 is 0 Å². The van der Waals surface area contributed by atoms with Gasteiger partial charge in [-0.3, -0.25) is 9.59 Å². The van der Waals surface area contributed by atoms with Gasteiger partial charge in [0.25, 0.3) is 0 Å². The Bertz CT molecular complexity index is 1040. The molecular formula is C57H107NO5. The Morgan fingerprint density at radius 1 is 0.460 bits per heavy atom. The summed E-state index contributed by atoms with van der Waals surface area (Å²) < 4.78 is 5.94. The highest BCUT2D eigenvalue weighted by Crippen LogP contribution is 2.18. The van der Waals surface area contributed by atoms with Gasteiger partial charge in [0, 0.05) is 6.42 Å². The summed E-state index contributed by atoms with van der Waals surface area (Å²) in [7, 11) is 0. The van der Waals surface area contributed by atoms with Crippen molar-refractivity contribution in [3.63, 3.8) is 0 Å². The highest BCUT2D eigenvalue weighted by Gasteiger charge is 2.24. The summed E-state index contributed by atoms with van der Waals surface area (Å²) in [5.74, 6) is -0.496. The van der Waals surface area contributed by atoms with E-state index in [1.807, 2.05) is 0 Å². The van der Waals surface area contributed by atoms with Crippen molar-refractivity contribution < 1.29 is 24.5 Å². The van der Waals surface area contributed by atoms with Crippen molar-refractivity contribution in [2.24, 2.45) is 0 Å². The standard InChI is InChI=1S/C57H107NO5/c1-4-7-10-13-16-19-22-24-26-28-29-31-33-35-38-41-44-47-50-57(62)63-53(48-45-42-39-36-34-32-30-27-25-23-20-17-14-11-8-5-2)51-56(61)58-54(52-59)55(60)49-46-43-40-37-21-18-15-12-9-6-3/h26,28-29,31-32,34,53-55,59-60H,4-25,27,30,33,35-52H2,1-3H3,(H,58,61)/b28-26+,31-29+,34-32+. The van der Waals surface area contributed by atoms with Crippen molar-refractivity contribution >= 4 is 11.9 Å². The molecule has 0 aliphatic rings. The van der Waals surface area contributed by atoms with Gasteiger partial charge in [0.15, 0.2) is 0 Å². The van der Waals surface area contributed by atoms with Gasteiger partial charge in [-0.1, -0.05) is 237 Å². The van der Waals surface area contributed by atoms with Gasteiger partial charge >= 0.3 is 5.97 Å². The first kappa shape index (κ1) is 61.1. The summed E-state index contributed by atoms with van der Waals surface area (Å²) >= 11 is 0. The van der Waals surface area contributed by atoms with Crippen LogP contribution in [0, 0.1) is 0 Å². The molecule has 1 amide bonds. The highest BCUT2D eigenvalue weighted by atomic mass is 16.5. The lowest BCUT2D eigenvalue weighted by Gasteiger charge is -2.24. The molecule has 3 N–H and O–H groups in total. The second-order valence-electron chi connectivity index (χ2n) is 19.0. The summed E-state index contributed by atoms with van der Waals surface area (Å²) in [6.07, 6.45) is 60.7. The van der Waals surface area contributed by atoms with Crippen LogP contribution in [-0.2, 0) is 14.3 Å². The molecule has 0 aromatic rings. The van der Waals surface area contributed by atoms with E-state index in [0.717, 1.165) is 77.0 Å². The Morgan fingerprint density at radius 3 is 1.24 bits per heavy atom. The van der Waals surface area contributed by atoms with Crippen molar-refractivity contribution in [2.75, 3.05) is 6.61 Å². The molecule has 0 fully saturated rings. The van der Waals surface area contributed by atoms with E-state index in [1.54, 1.807) is 0 Å². The first-order valence-electron chi connectivity index (χ1n) is 27.7. The minimum Gasteiger partial charge on any atom is -0.462 e. The number of unbranched alkanes of at least 4 members (excludes halogenated alkanes) is 33. The lowest BCUT2D eigenvalue weighted by Crippen LogP contribution is -2.46. The summed E-state index contributed by atoms with van der Waals surface area (Å²) in [4.78, 5) is 26.2. The van der Waals surface area contributed by atoms with Gasteiger partial charge in [0.05, 0.1) is 25.2 Å². The summed E-state index contributed by atoms with van der Waals surface area (Å²) in [6, 6.07) is -0.707. The van der Waals surface area contributed by atoms with Crippen LogP contribution in [0.3, 0.4) is 0 Å². The van der Waals surface area contributed by atoms with Crippen LogP contribution in [0.1, 0.15) is 290 Å². The van der Waals surface area contributed by atoms with Crippen LogP contribution >= 0.6 is 0 Å². The first-order valence-corrected chi connectivity index (χ1v) is 27.7. The summed E-state index contributed by atoms with van der Waals surface area (Å²) in [6.45, 7) is 6.48. The normalized spacial score (nSPS) is 13.4. The third-order valence-corrected chi connectivity index (χ3v) is 12.7. The number of allylic oxidation sites excluding steroid dienone is 6. The fraction of sp³-hybridized carbons (Fsp3) is 0.860.